The van der Waals surface area contributed by atoms with E-state index >= 15 is 0 Å². The lowest BCUT2D eigenvalue weighted by molar-refractivity contribution is -0.124. The number of hydrogen-bond acceptors (Lipinski definition) is 4. The zero-order chi connectivity index (χ0) is 20.0. The molecule has 0 bridgehead atoms. The number of amides is 1. The minimum atomic E-state index is -0.900. The fraction of sp³-hybridized carbons (Fsp3) is 0.619. The van der Waals surface area contributed by atoms with Gasteiger partial charge >= 0.3 is 0 Å². The molecule has 0 radical (unpaired) electrons. The van der Waals surface area contributed by atoms with E-state index in [0.29, 0.717) is 13.1 Å². The minimum Gasteiger partial charge on any atom is -0.387 e. The minimum absolute atomic E-state index is 0.00225. The van der Waals surface area contributed by atoms with E-state index in [1.807, 2.05) is 49.1 Å². The Morgan fingerprint density at radius 1 is 1.23 bits per heavy atom. The molecule has 0 saturated heterocycles. The highest BCUT2D eigenvalue weighted by Crippen LogP contribution is 2.20. The Morgan fingerprint density at radius 3 is 2.27 bits per heavy atom. The summed E-state index contributed by atoms with van der Waals surface area (Å²) in [7, 11) is 0. The molecule has 0 spiro atoms. The van der Waals surface area contributed by atoms with Crippen molar-refractivity contribution in [1.82, 2.24) is 10.2 Å². The number of aliphatic hydroxyl groups is 1. The van der Waals surface area contributed by atoms with Gasteiger partial charge in [-0.1, -0.05) is 65.0 Å². The Kier molecular flexibility index (Phi) is 7.80. The van der Waals surface area contributed by atoms with E-state index in [2.05, 4.69) is 32.2 Å². The average molecular weight is 360 g/mol. The molecule has 144 valence electrons. The number of carbonyl (C=O) groups excluding carboxylic acids is 1. The molecule has 5 heteroatoms. The summed E-state index contributed by atoms with van der Waals surface area (Å²) in [6.07, 6.45) is -0.668. The molecule has 2 atom stereocenters. The summed E-state index contributed by atoms with van der Waals surface area (Å²) in [5, 5.41) is 22.8. The number of nitrogens with zero attached hydrogens (tertiary/aromatic N) is 2. The lowest BCUT2D eigenvalue weighted by atomic mass is 9.90. The smallest absolute Gasteiger partial charge is 0.235 e. The number of nitrogens with one attached hydrogen (secondary N) is 1. The maximum Gasteiger partial charge on any atom is 0.235 e. The zero-order valence-electron chi connectivity index (χ0n) is 16.9. The molecule has 0 aliphatic carbocycles. The van der Waals surface area contributed by atoms with Crippen molar-refractivity contribution < 1.29 is 9.90 Å². The Bertz CT molecular complexity index is 616. The van der Waals surface area contributed by atoms with Crippen molar-refractivity contribution in [1.29, 1.82) is 5.26 Å². The monoisotopic (exact) mass is 359 g/mol. The van der Waals surface area contributed by atoms with Gasteiger partial charge in [0.2, 0.25) is 5.91 Å². The zero-order valence-corrected chi connectivity index (χ0v) is 16.9. The van der Waals surface area contributed by atoms with Gasteiger partial charge in [-0.2, -0.15) is 5.26 Å². The second kappa shape index (κ2) is 9.16. The van der Waals surface area contributed by atoms with Gasteiger partial charge in [0.1, 0.15) is 5.54 Å². The largest absolute Gasteiger partial charge is 0.387 e. The predicted octanol–water partition coefficient (Wildman–Crippen LogP) is 3.12. The summed E-state index contributed by atoms with van der Waals surface area (Å²) in [4.78, 5) is 14.5. The van der Waals surface area contributed by atoms with Gasteiger partial charge < -0.3 is 10.4 Å². The fourth-order valence-corrected chi connectivity index (χ4v) is 2.71. The Morgan fingerprint density at radius 2 is 1.81 bits per heavy atom. The van der Waals surface area contributed by atoms with Crippen LogP contribution in [0.15, 0.2) is 30.3 Å². The summed E-state index contributed by atoms with van der Waals surface area (Å²) in [6.45, 7) is 13.0. The van der Waals surface area contributed by atoms with Crippen LogP contribution in [0.2, 0.25) is 0 Å². The summed E-state index contributed by atoms with van der Waals surface area (Å²) in [5.41, 5.74) is -0.0913. The molecule has 1 aromatic carbocycles. The quantitative estimate of drug-likeness (QED) is 0.748. The van der Waals surface area contributed by atoms with E-state index in [1.165, 1.54) is 0 Å². The summed E-state index contributed by atoms with van der Waals surface area (Å²) >= 11 is 0. The van der Waals surface area contributed by atoms with Crippen LogP contribution < -0.4 is 5.32 Å². The van der Waals surface area contributed by atoms with Gasteiger partial charge in [-0.25, -0.2) is 0 Å². The van der Waals surface area contributed by atoms with Gasteiger partial charge in [0, 0.05) is 13.1 Å². The molecule has 1 amide bonds. The van der Waals surface area contributed by atoms with Crippen molar-refractivity contribution in [2.45, 2.75) is 53.2 Å². The van der Waals surface area contributed by atoms with Gasteiger partial charge in [0.05, 0.1) is 18.7 Å². The van der Waals surface area contributed by atoms with Crippen LogP contribution in [0.4, 0.5) is 0 Å². The number of aliphatic hydroxyl groups excluding tert-OH is 1. The molecule has 0 saturated carbocycles. The maximum atomic E-state index is 12.6. The molecular formula is C21H33N3O2. The number of hydrogen-bond donors (Lipinski definition) is 2. The fourth-order valence-electron chi connectivity index (χ4n) is 2.71. The van der Waals surface area contributed by atoms with Crippen LogP contribution in [0, 0.1) is 22.7 Å². The molecule has 2 unspecified atom stereocenters. The molecule has 0 heterocycles. The molecule has 0 aromatic heterocycles. The molecule has 5 nitrogen and oxygen atoms in total. The van der Waals surface area contributed by atoms with E-state index in [-0.39, 0.29) is 23.8 Å². The van der Waals surface area contributed by atoms with Crippen LogP contribution in [-0.4, -0.2) is 41.1 Å². The third-order valence-corrected chi connectivity index (χ3v) is 4.47. The molecule has 0 aliphatic heterocycles. The van der Waals surface area contributed by atoms with Crippen LogP contribution in [0.1, 0.15) is 53.2 Å². The number of benzene rings is 1. The second-order valence-corrected chi connectivity index (χ2v) is 8.67. The average Bonchev–Trinajstić information content (AvgIpc) is 2.53. The van der Waals surface area contributed by atoms with Gasteiger partial charge in [-0.05, 0) is 23.8 Å². The van der Waals surface area contributed by atoms with Crippen LogP contribution in [-0.2, 0) is 4.79 Å². The van der Waals surface area contributed by atoms with Crippen LogP contribution in [0.25, 0.3) is 0 Å². The summed E-state index contributed by atoms with van der Waals surface area (Å²) in [6, 6.07) is 11.6. The van der Waals surface area contributed by atoms with Crippen LogP contribution in [0.5, 0.6) is 0 Å². The molecule has 1 aromatic rings. The van der Waals surface area contributed by atoms with Crippen molar-refractivity contribution in [2.75, 3.05) is 19.6 Å². The SMILES string of the molecule is CC(C)C(C)(C#N)NC(=O)CN(CC(O)c1ccccc1)CC(C)(C)C. The number of carbonyl (C=O) groups is 1. The highest BCUT2D eigenvalue weighted by atomic mass is 16.3. The number of rotatable bonds is 8. The topological polar surface area (TPSA) is 76.4 Å². The highest BCUT2D eigenvalue weighted by Gasteiger charge is 2.31. The molecular weight excluding hydrogens is 326 g/mol. The Labute approximate surface area is 158 Å². The third kappa shape index (κ3) is 7.15. The standard InChI is InChI=1S/C21H33N3O2/c1-16(2)21(6,14-22)23-19(26)13-24(15-20(3,4)5)12-18(25)17-10-8-7-9-11-17/h7-11,16,18,25H,12-13,15H2,1-6H3,(H,23,26). The van der Waals surface area contributed by atoms with Crippen molar-refractivity contribution in [3.05, 3.63) is 35.9 Å². The van der Waals surface area contributed by atoms with E-state index in [0.717, 1.165) is 5.56 Å². The van der Waals surface area contributed by atoms with Gasteiger partial charge in [0.25, 0.3) is 0 Å². The predicted molar refractivity (Wildman–Crippen MR) is 104 cm³/mol. The molecule has 26 heavy (non-hydrogen) atoms. The second-order valence-electron chi connectivity index (χ2n) is 8.67. The summed E-state index contributed by atoms with van der Waals surface area (Å²) < 4.78 is 0. The lowest BCUT2D eigenvalue weighted by Crippen LogP contribution is -2.52. The molecule has 0 aliphatic rings. The van der Waals surface area contributed by atoms with Crippen molar-refractivity contribution in [3.63, 3.8) is 0 Å². The molecule has 2 N–H and O–H groups in total. The van der Waals surface area contributed by atoms with Crippen molar-refractivity contribution >= 4 is 5.91 Å². The van der Waals surface area contributed by atoms with E-state index < -0.39 is 11.6 Å². The molecule has 0 fully saturated rings. The first-order chi connectivity index (χ1) is 12.0. The van der Waals surface area contributed by atoms with Gasteiger partial charge in [-0.3, -0.25) is 9.69 Å². The normalized spacial score (nSPS) is 15.4. The maximum absolute atomic E-state index is 12.6. The van der Waals surface area contributed by atoms with E-state index in [1.54, 1.807) is 6.92 Å². The van der Waals surface area contributed by atoms with E-state index in [4.69, 9.17) is 0 Å². The first-order valence-corrected chi connectivity index (χ1v) is 9.14. The van der Waals surface area contributed by atoms with Crippen LogP contribution >= 0.6 is 0 Å². The first kappa shape index (κ1) is 22.1. The lowest BCUT2D eigenvalue weighted by Gasteiger charge is -2.33. The Balaban J connectivity index is 2.84. The van der Waals surface area contributed by atoms with Crippen molar-refractivity contribution in [2.24, 2.45) is 11.3 Å². The molecule has 1 rings (SSSR count). The van der Waals surface area contributed by atoms with Crippen LogP contribution in [0.3, 0.4) is 0 Å². The number of nitriles is 1. The Hall–Kier alpha value is -1.90. The highest BCUT2D eigenvalue weighted by molar-refractivity contribution is 5.79. The summed E-state index contributed by atoms with van der Waals surface area (Å²) in [5.74, 6) is -0.199. The van der Waals surface area contributed by atoms with Gasteiger partial charge in [-0.15, -0.1) is 0 Å². The third-order valence-electron chi connectivity index (χ3n) is 4.47. The van der Waals surface area contributed by atoms with Gasteiger partial charge in [0.15, 0.2) is 0 Å². The van der Waals surface area contributed by atoms with Crippen molar-refractivity contribution in [3.8, 4) is 6.07 Å². The van der Waals surface area contributed by atoms with E-state index in [9.17, 15) is 15.2 Å². The first-order valence-electron chi connectivity index (χ1n) is 9.14.